The van der Waals surface area contributed by atoms with E-state index >= 15 is 0 Å². The van der Waals surface area contributed by atoms with Gasteiger partial charge in [-0.05, 0) is 6.42 Å². The first kappa shape index (κ1) is 21.4. The van der Waals surface area contributed by atoms with Gasteiger partial charge in [0.1, 0.15) is 12.7 Å². The third-order valence-corrected chi connectivity index (χ3v) is 3.92. The number of rotatable bonds is 6. The summed E-state index contributed by atoms with van der Waals surface area (Å²) >= 11 is 0. The summed E-state index contributed by atoms with van der Waals surface area (Å²) in [5.74, 6) is 0.0189. The average Bonchev–Trinajstić information content (AvgIpc) is 2.54. The highest BCUT2D eigenvalue weighted by molar-refractivity contribution is 5.85. The minimum Gasteiger partial charge on any atom is -0.372 e. The van der Waals surface area contributed by atoms with Gasteiger partial charge in [0.2, 0.25) is 0 Å². The molecule has 24 heavy (non-hydrogen) atoms. The van der Waals surface area contributed by atoms with Crippen molar-refractivity contribution in [2.24, 2.45) is 0 Å². The number of morpholine rings is 1. The molecule has 10 heteroatoms. The SMILES string of the molecule is Cl.O=C(C1CNCCO1)N1CCN(CCCOCC(F)(F)F)CC1. The Balaban J connectivity index is 0.00000288. The molecule has 2 saturated heterocycles. The maximum absolute atomic E-state index is 12.3. The maximum Gasteiger partial charge on any atom is 0.411 e. The molecule has 2 aliphatic heterocycles. The van der Waals surface area contributed by atoms with Gasteiger partial charge in [-0.2, -0.15) is 13.2 Å². The summed E-state index contributed by atoms with van der Waals surface area (Å²) in [6, 6.07) is 0. The van der Waals surface area contributed by atoms with Gasteiger partial charge in [0.15, 0.2) is 0 Å². The number of ether oxygens (including phenoxy) is 2. The van der Waals surface area contributed by atoms with E-state index in [1.165, 1.54) is 0 Å². The summed E-state index contributed by atoms with van der Waals surface area (Å²) in [5.41, 5.74) is 0. The minimum absolute atomic E-state index is 0. The van der Waals surface area contributed by atoms with Crippen LogP contribution in [-0.2, 0) is 14.3 Å². The Kier molecular flexibility index (Phi) is 9.28. The Morgan fingerprint density at radius 2 is 1.96 bits per heavy atom. The van der Waals surface area contributed by atoms with Gasteiger partial charge in [0.05, 0.1) is 6.61 Å². The number of halogens is 4. The van der Waals surface area contributed by atoms with Crippen molar-refractivity contribution < 1.29 is 27.4 Å². The topological polar surface area (TPSA) is 54.0 Å². The van der Waals surface area contributed by atoms with Crippen LogP contribution in [0.5, 0.6) is 0 Å². The van der Waals surface area contributed by atoms with E-state index < -0.39 is 18.9 Å². The van der Waals surface area contributed by atoms with Gasteiger partial charge >= 0.3 is 6.18 Å². The third-order valence-electron chi connectivity index (χ3n) is 3.92. The highest BCUT2D eigenvalue weighted by Gasteiger charge is 2.29. The number of hydrogen-bond donors (Lipinski definition) is 1. The van der Waals surface area contributed by atoms with Crippen LogP contribution in [0, 0.1) is 0 Å². The molecular formula is C14H25ClF3N3O3. The normalized spacial score (nSPS) is 23.0. The highest BCUT2D eigenvalue weighted by atomic mass is 35.5. The van der Waals surface area contributed by atoms with E-state index in [4.69, 9.17) is 4.74 Å². The summed E-state index contributed by atoms with van der Waals surface area (Å²) < 4.78 is 45.8. The lowest BCUT2D eigenvalue weighted by atomic mass is 10.2. The second-order valence-electron chi connectivity index (χ2n) is 5.75. The zero-order valence-electron chi connectivity index (χ0n) is 13.5. The molecule has 0 bridgehead atoms. The van der Waals surface area contributed by atoms with E-state index in [-0.39, 0.29) is 24.9 Å². The van der Waals surface area contributed by atoms with Gasteiger partial charge < -0.3 is 19.7 Å². The average molecular weight is 376 g/mol. The van der Waals surface area contributed by atoms with Crippen LogP contribution in [-0.4, -0.2) is 93.6 Å². The Hall–Kier alpha value is -0.610. The lowest BCUT2D eigenvalue weighted by Gasteiger charge is -2.37. The number of alkyl halides is 3. The lowest BCUT2D eigenvalue weighted by molar-refractivity contribution is -0.174. The molecule has 1 N–H and O–H groups in total. The first-order valence-corrected chi connectivity index (χ1v) is 7.94. The molecule has 1 unspecified atom stereocenters. The lowest BCUT2D eigenvalue weighted by Crippen LogP contribution is -2.55. The van der Waals surface area contributed by atoms with Crippen LogP contribution in [0.25, 0.3) is 0 Å². The Morgan fingerprint density at radius 1 is 1.25 bits per heavy atom. The van der Waals surface area contributed by atoms with Gasteiger partial charge in [-0.1, -0.05) is 0 Å². The monoisotopic (exact) mass is 375 g/mol. The van der Waals surface area contributed by atoms with Gasteiger partial charge in [-0.3, -0.25) is 9.69 Å². The number of carbonyl (C=O) groups excluding carboxylic acids is 1. The molecule has 2 heterocycles. The quantitative estimate of drug-likeness (QED) is 0.686. The zero-order chi connectivity index (χ0) is 16.7. The molecule has 1 amide bonds. The van der Waals surface area contributed by atoms with Gasteiger partial charge in [-0.15, -0.1) is 12.4 Å². The van der Waals surface area contributed by atoms with Crippen molar-refractivity contribution in [3.8, 4) is 0 Å². The standard InChI is InChI=1S/C14H24F3N3O3.ClH/c15-14(16,17)11-22-8-1-3-19-4-6-20(7-5-19)13(21)12-10-18-2-9-23-12;/h12,18H,1-11H2;1H. The van der Waals surface area contributed by atoms with E-state index in [1.54, 1.807) is 4.90 Å². The van der Waals surface area contributed by atoms with Crippen LogP contribution in [0.2, 0.25) is 0 Å². The number of piperazine rings is 1. The molecule has 142 valence electrons. The second kappa shape index (κ2) is 10.4. The summed E-state index contributed by atoms with van der Waals surface area (Å²) in [7, 11) is 0. The summed E-state index contributed by atoms with van der Waals surface area (Å²) in [4.78, 5) is 16.2. The van der Waals surface area contributed by atoms with E-state index in [2.05, 4.69) is 15.0 Å². The fourth-order valence-corrected chi connectivity index (χ4v) is 2.70. The summed E-state index contributed by atoms with van der Waals surface area (Å²) in [6.45, 7) is 4.17. The van der Waals surface area contributed by atoms with Gasteiger partial charge in [-0.25, -0.2) is 0 Å². The largest absolute Gasteiger partial charge is 0.411 e. The molecule has 0 spiro atoms. The number of nitrogens with one attached hydrogen (secondary N) is 1. The zero-order valence-corrected chi connectivity index (χ0v) is 14.3. The van der Waals surface area contributed by atoms with Crippen LogP contribution < -0.4 is 5.32 Å². The van der Waals surface area contributed by atoms with Gasteiger partial charge in [0.25, 0.3) is 5.91 Å². The first-order valence-electron chi connectivity index (χ1n) is 7.94. The van der Waals surface area contributed by atoms with Crippen molar-refractivity contribution in [1.82, 2.24) is 15.1 Å². The van der Waals surface area contributed by atoms with E-state index in [0.717, 1.165) is 19.6 Å². The number of carbonyl (C=O) groups is 1. The molecule has 0 aromatic heterocycles. The molecule has 0 radical (unpaired) electrons. The van der Waals surface area contributed by atoms with Crippen LogP contribution >= 0.6 is 12.4 Å². The molecule has 0 aromatic rings. The van der Waals surface area contributed by atoms with Crippen LogP contribution in [0.1, 0.15) is 6.42 Å². The van der Waals surface area contributed by atoms with E-state index in [1.807, 2.05) is 0 Å². The Bertz CT molecular complexity index is 374. The Morgan fingerprint density at radius 3 is 2.54 bits per heavy atom. The first-order chi connectivity index (χ1) is 11.0. The fourth-order valence-electron chi connectivity index (χ4n) is 2.70. The number of hydrogen-bond acceptors (Lipinski definition) is 5. The van der Waals surface area contributed by atoms with Crippen molar-refractivity contribution in [2.75, 3.05) is 65.6 Å². The molecule has 0 aromatic carbocycles. The van der Waals surface area contributed by atoms with E-state index in [0.29, 0.717) is 39.2 Å². The van der Waals surface area contributed by atoms with E-state index in [9.17, 15) is 18.0 Å². The minimum atomic E-state index is -4.26. The highest BCUT2D eigenvalue weighted by Crippen LogP contribution is 2.14. The second-order valence-corrected chi connectivity index (χ2v) is 5.75. The van der Waals surface area contributed by atoms with Crippen molar-refractivity contribution in [3.05, 3.63) is 0 Å². The fraction of sp³-hybridized carbons (Fsp3) is 0.929. The summed E-state index contributed by atoms with van der Waals surface area (Å²) in [6.07, 6.45) is -4.10. The summed E-state index contributed by atoms with van der Waals surface area (Å²) in [5, 5.41) is 3.14. The smallest absolute Gasteiger partial charge is 0.372 e. The maximum atomic E-state index is 12.3. The molecule has 0 aliphatic carbocycles. The predicted octanol–water partition coefficient (Wildman–Crippen LogP) is 0.510. The Labute approximate surface area is 146 Å². The third kappa shape index (κ3) is 7.52. The predicted molar refractivity (Wildman–Crippen MR) is 84.4 cm³/mol. The molecule has 6 nitrogen and oxygen atoms in total. The molecular weight excluding hydrogens is 351 g/mol. The van der Waals surface area contributed by atoms with Crippen LogP contribution in [0.15, 0.2) is 0 Å². The molecule has 2 fully saturated rings. The molecule has 0 saturated carbocycles. The van der Waals surface area contributed by atoms with Crippen molar-refractivity contribution in [1.29, 1.82) is 0 Å². The van der Waals surface area contributed by atoms with Crippen molar-refractivity contribution in [3.63, 3.8) is 0 Å². The van der Waals surface area contributed by atoms with Gasteiger partial charge in [0, 0.05) is 52.4 Å². The van der Waals surface area contributed by atoms with Crippen LogP contribution in [0.4, 0.5) is 13.2 Å². The molecule has 2 rings (SSSR count). The van der Waals surface area contributed by atoms with Crippen LogP contribution in [0.3, 0.4) is 0 Å². The molecule has 1 atom stereocenters. The number of nitrogens with zero attached hydrogens (tertiary/aromatic N) is 2. The number of amides is 1. The van der Waals surface area contributed by atoms with Crippen molar-refractivity contribution >= 4 is 18.3 Å². The van der Waals surface area contributed by atoms with Crippen molar-refractivity contribution in [2.45, 2.75) is 18.7 Å². The molecule has 2 aliphatic rings.